The number of aromatic nitrogens is 1. The Morgan fingerprint density at radius 3 is 2.85 bits per heavy atom. The molecule has 3 nitrogen and oxygen atoms in total. The van der Waals surface area contributed by atoms with Crippen LogP contribution in [0.15, 0.2) is 0 Å². The van der Waals surface area contributed by atoms with Crippen LogP contribution in [0, 0.1) is 12.8 Å². The third-order valence-electron chi connectivity index (χ3n) is 4.48. The van der Waals surface area contributed by atoms with Gasteiger partial charge < -0.3 is 10.2 Å². The molecule has 0 saturated heterocycles. The second kappa shape index (κ2) is 6.90. The lowest BCUT2D eigenvalue weighted by Gasteiger charge is -2.34. The number of aryl methyl sites for hydroxylation is 1. The molecular formula is C16H29N3S. The molecule has 1 aromatic rings. The summed E-state index contributed by atoms with van der Waals surface area (Å²) in [6, 6.07) is 1.08. The molecular weight excluding hydrogens is 266 g/mol. The summed E-state index contributed by atoms with van der Waals surface area (Å²) in [5, 5.41) is 4.69. The summed E-state index contributed by atoms with van der Waals surface area (Å²) in [7, 11) is 2.22. The topological polar surface area (TPSA) is 28.2 Å². The van der Waals surface area contributed by atoms with Crippen molar-refractivity contribution in [2.45, 2.75) is 65.5 Å². The van der Waals surface area contributed by atoms with E-state index in [0.29, 0.717) is 12.1 Å². The van der Waals surface area contributed by atoms with E-state index in [1.807, 2.05) is 11.3 Å². The molecule has 20 heavy (non-hydrogen) atoms. The van der Waals surface area contributed by atoms with Crippen molar-refractivity contribution in [3.63, 3.8) is 0 Å². The molecule has 2 rings (SSSR count). The summed E-state index contributed by atoms with van der Waals surface area (Å²) in [6.45, 7) is 9.91. The molecule has 114 valence electrons. The summed E-state index contributed by atoms with van der Waals surface area (Å²) in [5.41, 5.74) is 1.19. The van der Waals surface area contributed by atoms with Crippen molar-refractivity contribution in [1.82, 2.24) is 10.3 Å². The van der Waals surface area contributed by atoms with E-state index in [4.69, 9.17) is 4.98 Å². The summed E-state index contributed by atoms with van der Waals surface area (Å²) in [4.78, 5) is 8.63. The van der Waals surface area contributed by atoms with Gasteiger partial charge >= 0.3 is 0 Å². The molecule has 0 aromatic carbocycles. The smallest absolute Gasteiger partial charge is 0.185 e. The molecule has 1 aliphatic rings. The van der Waals surface area contributed by atoms with Gasteiger partial charge in [-0.2, -0.15) is 0 Å². The first-order chi connectivity index (χ1) is 9.52. The van der Waals surface area contributed by atoms with E-state index in [1.165, 1.54) is 41.4 Å². The van der Waals surface area contributed by atoms with Crippen LogP contribution in [0.1, 0.15) is 63.1 Å². The van der Waals surface area contributed by atoms with Gasteiger partial charge in [-0.1, -0.05) is 26.7 Å². The Bertz CT molecular complexity index is 429. The monoisotopic (exact) mass is 295 g/mol. The first kappa shape index (κ1) is 15.8. The van der Waals surface area contributed by atoms with Crippen molar-refractivity contribution in [2.24, 2.45) is 5.92 Å². The highest BCUT2D eigenvalue weighted by molar-refractivity contribution is 7.15. The molecule has 0 amide bonds. The molecule has 3 unspecified atom stereocenters. The van der Waals surface area contributed by atoms with Crippen molar-refractivity contribution >= 4 is 16.5 Å². The van der Waals surface area contributed by atoms with Gasteiger partial charge in [0.25, 0.3) is 0 Å². The molecule has 1 aromatic heterocycles. The van der Waals surface area contributed by atoms with E-state index in [-0.39, 0.29) is 0 Å². The van der Waals surface area contributed by atoms with Crippen molar-refractivity contribution in [3.8, 4) is 0 Å². The fourth-order valence-corrected chi connectivity index (χ4v) is 4.38. The third kappa shape index (κ3) is 3.53. The highest BCUT2D eigenvalue weighted by atomic mass is 32.1. The van der Waals surface area contributed by atoms with Gasteiger partial charge in [-0.3, -0.25) is 0 Å². The van der Waals surface area contributed by atoms with E-state index in [2.05, 4.69) is 45.0 Å². The second-order valence-electron chi connectivity index (χ2n) is 6.26. The zero-order chi connectivity index (χ0) is 14.7. The van der Waals surface area contributed by atoms with Gasteiger partial charge in [0.1, 0.15) is 0 Å². The Hall–Kier alpha value is -0.610. The predicted octanol–water partition coefficient (Wildman–Crippen LogP) is 4.14. The minimum Gasteiger partial charge on any atom is -0.348 e. The quantitative estimate of drug-likeness (QED) is 0.885. The van der Waals surface area contributed by atoms with E-state index in [9.17, 15) is 0 Å². The van der Waals surface area contributed by atoms with Gasteiger partial charge in [-0.15, -0.1) is 11.3 Å². The van der Waals surface area contributed by atoms with E-state index in [1.54, 1.807) is 0 Å². The van der Waals surface area contributed by atoms with Crippen LogP contribution in [0.4, 0.5) is 5.13 Å². The van der Waals surface area contributed by atoms with Crippen molar-refractivity contribution < 1.29 is 0 Å². The van der Waals surface area contributed by atoms with Gasteiger partial charge in [0.2, 0.25) is 0 Å². The largest absolute Gasteiger partial charge is 0.348 e. The van der Waals surface area contributed by atoms with Crippen LogP contribution in [0.5, 0.6) is 0 Å². The molecule has 4 heteroatoms. The normalized spacial score (nSPS) is 24.6. The van der Waals surface area contributed by atoms with Gasteiger partial charge in [0.15, 0.2) is 5.13 Å². The van der Waals surface area contributed by atoms with Gasteiger partial charge in [-0.25, -0.2) is 4.98 Å². The molecule has 3 atom stereocenters. The van der Waals surface area contributed by atoms with Gasteiger partial charge in [0.05, 0.1) is 5.69 Å². The lowest BCUT2D eigenvalue weighted by atomic mass is 9.86. The molecule has 0 aliphatic heterocycles. The average Bonchev–Trinajstić information content (AvgIpc) is 2.80. The highest BCUT2D eigenvalue weighted by Gasteiger charge is 2.25. The van der Waals surface area contributed by atoms with E-state index in [0.717, 1.165) is 12.5 Å². The standard InChI is InChI=1S/C16H29N3S/c1-6-17-12(3)15-13(4)18-16(20-15)19(5)14-9-7-8-11(2)10-14/h11-12,14,17H,6-10H2,1-5H3. The summed E-state index contributed by atoms with van der Waals surface area (Å²) < 4.78 is 0. The van der Waals surface area contributed by atoms with E-state index >= 15 is 0 Å². The summed E-state index contributed by atoms with van der Waals surface area (Å²) in [5.74, 6) is 0.859. The molecule has 0 spiro atoms. The van der Waals surface area contributed by atoms with E-state index < -0.39 is 0 Å². The van der Waals surface area contributed by atoms with Crippen molar-refractivity contribution in [2.75, 3.05) is 18.5 Å². The Morgan fingerprint density at radius 1 is 1.45 bits per heavy atom. The fraction of sp³-hybridized carbons (Fsp3) is 0.812. The first-order valence-electron chi connectivity index (χ1n) is 7.96. The van der Waals surface area contributed by atoms with Crippen LogP contribution in [0.2, 0.25) is 0 Å². The van der Waals surface area contributed by atoms with Crippen LogP contribution in [0.3, 0.4) is 0 Å². The third-order valence-corrected chi connectivity index (χ3v) is 5.91. The van der Waals surface area contributed by atoms with Crippen LogP contribution >= 0.6 is 11.3 Å². The molecule has 1 aliphatic carbocycles. The number of thiazole rings is 1. The van der Waals surface area contributed by atoms with Gasteiger partial charge in [-0.05, 0) is 39.2 Å². The molecule has 0 bridgehead atoms. The minimum absolute atomic E-state index is 0.407. The Kier molecular flexibility index (Phi) is 5.44. The summed E-state index contributed by atoms with van der Waals surface area (Å²) >= 11 is 1.86. The Balaban J connectivity index is 2.10. The molecule has 1 saturated carbocycles. The number of nitrogens with one attached hydrogen (secondary N) is 1. The molecule has 0 radical (unpaired) electrons. The van der Waals surface area contributed by atoms with Crippen LogP contribution < -0.4 is 10.2 Å². The molecule has 1 heterocycles. The lowest BCUT2D eigenvalue weighted by Crippen LogP contribution is -2.35. The predicted molar refractivity (Wildman–Crippen MR) is 88.8 cm³/mol. The number of hydrogen-bond donors (Lipinski definition) is 1. The van der Waals surface area contributed by atoms with Gasteiger partial charge in [0, 0.05) is 24.0 Å². The maximum Gasteiger partial charge on any atom is 0.185 e. The number of anilines is 1. The van der Waals surface area contributed by atoms with Crippen LogP contribution in [-0.2, 0) is 0 Å². The number of rotatable bonds is 5. The Labute approximate surface area is 127 Å². The fourth-order valence-electron chi connectivity index (χ4n) is 3.26. The maximum atomic E-state index is 4.82. The zero-order valence-corrected chi connectivity index (χ0v) is 14.4. The second-order valence-corrected chi connectivity index (χ2v) is 7.27. The number of hydrogen-bond acceptors (Lipinski definition) is 4. The summed E-state index contributed by atoms with van der Waals surface area (Å²) in [6.07, 6.45) is 5.38. The maximum absolute atomic E-state index is 4.82. The van der Waals surface area contributed by atoms with Crippen molar-refractivity contribution in [3.05, 3.63) is 10.6 Å². The SMILES string of the molecule is CCNC(C)c1sc(N(C)C2CCCC(C)C2)nc1C. The highest BCUT2D eigenvalue weighted by Crippen LogP contribution is 2.34. The zero-order valence-electron chi connectivity index (χ0n) is 13.6. The Morgan fingerprint density at radius 2 is 2.20 bits per heavy atom. The average molecular weight is 295 g/mol. The molecule has 1 fully saturated rings. The van der Waals surface area contributed by atoms with Crippen LogP contribution in [-0.4, -0.2) is 24.6 Å². The first-order valence-corrected chi connectivity index (χ1v) is 8.78. The number of nitrogens with zero attached hydrogens (tertiary/aromatic N) is 2. The minimum atomic E-state index is 0.407. The lowest BCUT2D eigenvalue weighted by molar-refractivity contribution is 0.336. The van der Waals surface area contributed by atoms with Crippen molar-refractivity contribution in [1.29, 1.82) is 0 Å². The van der Waals surface area contributed by atoms with Crippen LogP contribution in [0.25, 0.3) is 0 Å². The molecule has 1 N–H and O–H groups in total.